The van der Waals surface area contributed by atoms with E-state index >= 15 is 0 Å². The van der Waals surface area contributed by atoms with Gasteiger partial charge >= 0.3 is 22.5 Å². The zero-order valence-corrected chi connectivity index (χ0v) is 3.06. The molecule has 0 saturated carbocycles. The van der Waals surface area contributed by atoms with E-state index in [1.165, 1.54) is 0 Å². The summed E-state index contributed by atoms with van der Waals surface area (Å²) < 4.78 is 19.1. The largest absolute Gasteiger partial charge is 0 e. The van der Waals surface area contributed by atoms with Crippen LogP contribution in [0.3, 0.4) is 0 Å². The van der Waals surface area contributed by atoms with Crippen LogP contribution in [0.4, 0.5) is 7.21 Å². The Morgan fingerprint density at radius 2 is 1.25 bits per heavy atom. The number of hydrogen-bond acceptors (Lipinski definition) is 0. The van der Waals surface area contributed by atoms with Gasteiger partial charge in [-0.15, -0.1) is 0 Å². The molecule has 0 aromatic heterocycles. The van der Waals surface area contributed by atoms with Gasteiger partial charge < -0.3 is 0 Å². The Morgan fingerprint density at radius 1 is 1.25 bits per heavy atom. The summed E-state index contributed by atoms with van der Waals surface area (Å²) in [5, 5.41) is 0. The Labute approximate surface area is 41.8 Å². The van der Waals surface area contributed by atoms with Crippen molar-refractivity contribution < 1.29 is 22.5 Å². The molecular formula is F2LiNi. The van der Waals surface area contributed by atoms with Crippen molar-refractivity contribution in [1.29, 1.82) is 0 Å². The van der Waals surface area contributed by atoms with E-state index in [-0.39, 0.29) is 18.9 Å². The maximum Gasteiger partial charge on any atom is 0 e. The molecule has 0 spiro atoms. The van der Waals surface area contributed by atoms with Crippen molar-refractivity contribution in [1.82, 2.24) is 0 Å². The predicted octanol–water partition coefficient (Wildman–Crippen LogP) is 0.457. The van der Waals surface area contributed by atoms with E-state index in [1.54, 1.807) is 0 Å². The van der Waals surface area contributed by atoms with E-state index in [0.29, 0.717) is 0 Å². The van der Waals surface area contributed by atoms with Crippen molar-refractivity contribution >= 4 is 18.9 Å². The van der Waals surface area contributed by atoms with Gasteiger partial charge in [-0.25, -0.2) is 0 Å². The normalized spacial score (nSPS) is 5.50. The molecule has 0 amide bonds. The summed E-state index contributed by atoms with van der Waals surface area (Å²) in [4.78, 5) is 0. The standard InChI is InChI=1S/2FH.Li.Ni/h2*1H;;/q;;;+2/p-2. The second kappa shape index (κ2) is 9.04. The van der Waals surface area contributed by atoms with Crippen LogP contribution in [0.15, 0.2) is 0 Å². The van der Waals surface area contributed by atoms with Crippen LogP contribution in [0.2, 0.25) is 0 Å². The van der Waals surface area contributed by atoms with Crippen LogP contribution in [-0.2, 0) is 15.3 Å². The molecule has 0 aromatic rings. The van der Waals surface area contributed by atoms with Gasteiger partial charge in [-0.3, -0.25) is 0 Å². The minimum atomic E-state index is -1.38. The smallest absolute Gasteiger partial charge is 0 e. The van der Waals surface area contributed by atoms with Crippen molar-refractivity contribution in [2.24, 2.45) is 0 Å². The summed E-state index contributed by atoms with van der Waals surface area (Å²) in [7, 11) is 0. The third kappa shape index (κ3) is 12.4. The zero-order chi connectivity index (χ0) is 2.71. The van der Waals surface area contributed by atoms with Crippen LogP contribution in [0.25, 0.3) is 0 Å². The summed E-state index contributed by atoms with van der Waals surface area (Å²) in [5.41, 5.74) is 0. The number of rotatable bonds is 0. The Morgan fingerprint density at radius 3 is 1.25 bits per heavy atom. The first kappa shape index (κ1) is 8.87. The molecule has 0 atom stereocenters. The number of halogens is 2. The van der Waals surface area contributed by atoms with E-state index in [4.69, 9.17) is 0 Å². The van der Waals surface area contributed by atoms with Crippen LogP contribution in [-0.4, -0.2) is 18.9 Å². The minimum Gasteiger partial charge on any atom is 0 e. The van der Waals surface area contributed by atoms with Crippen molar-refractivity contribution in [3.63, 3.8) is 0 Å². The summed E-state index contributed by atoms with van der Waals surface area (Å²) in [6.07, 6.45) is 0. The molecule has 0 rings (SSSR count). The first-order chi connectivity index (χ1) is 1.41. The maximum absolute atomic E-state index is 9.56. The zero-order valence-electron chi connectivity index (χ0n) is 2.07. The second-order valence-electron chi connectivity index (χ2n) is 0.0452. The van der Waals surface area contributed by atoms with Crippen LogP contribution in [0, 0.1) is 0 Å². The molecule has 0 N–H and O–H groups in total. The predicted molar refractivity (Wildman–Crippen MR) is 7.97 cm³/mol. The summed E-state index contributed by atoms with van der Waals surface area (Å²) >= 11 is -1.38. The average molecular weight is 104 g/mol. The van der Waals surface area contributed by atoms with Crippen LogP contribution >= 0.6 is 0 Å². The SMILES string of the molecule is [F][Ni][F].[Li]. The fourth-order valence-corrected chi connectivity index (χ4v) is 0. The van der Waals surface area contributed by atoms with Crippen LogP contribution in [0.5, 0.6) is 0 Å². The molecule has 0 aliphatic rings. The van der Waals surface area contributed by atoms with Gasteiger partial charge in [0.15, 0.2) is 0 Å². The van der Waals surface area contributed by atoms with Gasteiger partial charge in [-0.05, 0) is 0 Å². The fraction of sp³-hybridized carbons (Fsp3) is 0. The first-order valence-corrected chi connectivity index (χ1v) is 0.986. The average Bonchev–Trinajstić information content (AvgIpc) is 0.918. The molecule has 4 heavy (non-hydrogen) atoms. The Kier molecular flexibility index (Phi) is 20.1. The van der Waals surface area contributed by atoms with Gasteiger partial charge in [0.05, 0.1) is 0 Å². The van der Waals surface area contributed by atoms with Gasteiger partial charge in [-0.2, -0.15) is 0 Å². The third-order valence-electron chi connectivity index (χ3n) is 0. The minimum absolute atomic E-state index is 0. The van der Waals surface area contributed by atoms with Crippen molar-refractivity contribution in [3.05, 3.63) is 0 Å². The quantitative estimate of drug-likeness (QED) is 0.391. The van der Waals surface area contributed by atoms with E-state index in [0.717, 1.165) is 0 Å². The van der Waals surface area contributed by atoms with Gasteiger partial charge in [0, 0.05) is 18.9 Å². The Bertz CT molecular complexity index is 6.00. The molecule has 0 saturated heterocycles. The van der Waals surface area contributed by atoms with Crippen molar-refractivity contribution in [2.75, 3.05) is 0 Å². The van der Waals surface area contributed by atoms with Gasteiger partial charge in [-0.1, -0.05) is 0 Å². The fourth-order valence-electron chi connectivity index (χ4n) is 0. The number of hydrogen-bond donors (Lipinski definition) is 0. The third-order valence-corrected chi connectivity index (χ3v) is 0. The molecule has 25 valence electrons. The Balaban J connectivity index is 0. The molecule has 0 heterocycles. The summed E-state index contributed by atoms with van der Waals surface area (Å²) in [5.74, 6) is 0. The van der Waals surface area contributed by atoms with E-state index in [1.807, 2.05) is 0 Å². The van der Waals surface area contributed by atoms with E-state index < -0.39 is 15.3 Å². The Hall–Kier alpha value is 0.951. The van der Waals surface area contributed by atoms with Crippen molar-refractivity contribution in [3.8, 4) is 0 Å². The second-order valence-corrected chi connectivity index (χ2v) is 0.186. The molecule has 1 radical (unpaired) electrons. The molecule has 0 unspecified atom stereocenters. The topological polar surface area (TPSA) is 0 Å². The van der Waals surface area contributed by atoms with Gasteiger partial charge in [0.25, 0.3) is 0 Å². The molecule has 0 aromatic carbocycles. The first-order valence-electron chi connectivity index (χ1n) is 0.239. The van der Waals surface area contributed by atoms with Gasteiger partial charge in [0.2, 0.25) is 0 Å². The molecule has 0 aliphatic heterocycles. The molecule has 0 bridgehead atoms. The molecule has 0 nitrogen and oxygen atoms in total. The van der Waals surface area contributed by atoms with E-state index in [2.05, 4.69) is 0 Å². The van der Waals surface area contributed by atoms with Crippen LogP contribution in [0.1, 0.15) is 0 Å². The van der Waals surface area contributed by atoms with E-state index in [9.17, 15) is 7.21 Å². The molecule has 0 aliphatic carbocycles. The summed E-state index contributed by atoms with van der Waals surface area (Å²) in [6.45, 7) is 0. The summed E-state index contributed by atoms with van der Waals surface area (Å²) in [6, 6.07) is 0. The molecular weight excluding hydrogens is 104 g/mol. The molecule has 0 fully saturated rings. The monoisotopic (exact) mass is 103 g/mol. The van der Waals surface area contributed by atoms with Crippen LogP contribution < -0.4 is 0 Å². The molecule has 4 heteroatoms. The van der Waals surface area contributed by atoms with Crippen molar-refractivity contribution in [2.45, 2.75) is 0 Å². The van der Waals surface area contributed by atoms with Gasteiger partial charge in [0.1, 0.15) is 0 Å². The maximum atomic E-state index is 9.56.